The SMILES string of the molecule is COc1cc(OC)cc(-c2nc(S/C(=C\c3ccc(OCc4ccc(Br)cc4)c(OC)c3)C(=O)O)n[nH]2)c1. The minimum Gasteiger partial charge on any atom is -0.497 e. The first-order valence-corrected chi connectivity index (χ1v) is 12.8. The maximum absolute atomic E-state index is 12.0. The van der Waals surface area contributed by atoms with Gasteiger partial charge in [-0.05, 0) is 65.4 Å². The number of halogens is 1. The number of aromatic nitrogens is 3. The summed E-state index contributed by atoms with van der Waals surface area (Å²) in [4.78, 5) is 16.5. The number of carbonyl (C=O) groups is 1. The van der Waals surface area contributed by atoms with Crippen molar-refractivity contribution in [2.75, 3.05) is 21.3 Å². The molecule has 4 rings (SSSR count). The molecule has 0 spiro atoms. The number of carboxylic acid groups (broad SMARTS) is 1. The van der Waals surface area contributed by atoms with Crippen LogP contribution in [0.1, 0.15) is 11.1 Å². The molecular weight excluding hydrogens is 574 g/mol. The van der Waals surface area contributed by atoms with Gasteiger partial charge in [-0.15, -0.1) is 5.10 Å². The highest BCUT2D eigenvalue weighted by Gasteiger charge is 2.16. The Bertz CT molecular complexity index is 1430. The van der Waals surface area contributed by atoms with Gasteiger partial charge in [0.2, 0.25) is 5.16 Å². The third-order valence-corrected chi connectivity index (χ3v) is 6.70. The minimum absolute atomic E-state index is 0.0318. The Hall–Kier alpha value is -3.96. The quantitative estimate of drug-likeness (QED) is 0.157. The predicted octanol–water partition coefficient (Wildman–Crippen LogP) is 6.06. The van der Waals surface area contributed by atoms with Crippen molar-refractivity contribution in [1.29, 1.82) is 0 Å². The molecule has 0 amide bonds. The van der Waals surface area contributed by atoms with Crippen LogP contribution in [0.4, 0.5) is 0 Å². The van der Waals surface area contributed by atoms with Gasteiger partial charge in [0.05, 0.1) is 21.3 Å². The fraction of sp³-hybridized carbons (Fsp3) is 0.148. The van der Waals surface area contributed by atoms with Crippen LogP contribution >= 0.6 is 27.7 Å². The smallest absolute Gasteiger partial charge is 0.342 e. The van der Waals surface area contributed by atoms with Crippen molar-refractivity contribution in [3.8, 4) is 34.4 Å². The lowest BCUT2D eigenvalue weighted by Gasteiger charge is -2.12. The Morgan fingerprint density at radius 3 is 2.32 bits per heavy atom. The number of H-pyrrole nitrogens is 1. The lowest BCUT2D eigenvalue weighted by molar-refractivity contribution is -0.131. The average Bonchev–Trinajstić information content (AvgIpc) is 3.41. The number of thioether (sulfide) groups is 1. The highest BCUT2D eigenvalue weighted by Crippen LogP contribution is 2.33. The number of aliphatic carboxylic acids is 1. The second-order valence-corrected chi connectivity index (χ2v) is 9.73. The van der Waals surface area contributed by atoms with Crippen LogP contribution in [0.2, 0.25) is 0 Å². The molecule has 0 saturated heterocycles. The van der Waals surface area contributed by atoms with Crippen molar-refractivity contribution in [3.05, 3.63) is 81.2 Å². The van der Waals surface area contributed by atoms with E-state index in [9.17, 15) is 9.90 Å². The second kappa shape index (κ2) is 12.5. The third kappa shape index (κ3) is 6.87. The van der Waals surface area contributed by atoms with E-state index < -0.39 is 5.97 Å². The van der Waals surface area contributed by atoms with Crippen molar-refractivity contribution in [3.63, 3.8) is 0 Å². The molecule has 9 nitrogen and oxygen atoms in total. The molecular formula is C27H24BrN3O6S. The van der Waals surface area contributed by atoms with Crippen molar-refractivity contribution in [2.24, 2.45) is 0 Å². The van der Waals surface area contributed by atoms with Crippen LogP contribution in [-0.2, 0) is 11.4 Å². The Balaban J connectivity index is 1.52. The van der Waals surface area contributed by atoms with E-state index in [0.29, 0.717) is 46.6 Å². The molecule has 0 unspecified atom stereocenters. The average molecular weight is 598 g/mol. The van der Waals surface area contributed by atoms with Gasteiger partial charge in [0.15, 0.2) is 17.3 Å². The van der Waals surface area contributed by atoms with E-state index in [1.165, 1.54) is 13.2 Å². The van der Waals surface area contributed by atoms with Gasteiger partial charge in [-0.25, -0.2) is 9.78 Å². The number of ether oxygens (including phenoxy) is 4. The van der Waals surface area contributed by atoms with Gasteiger partial charge >= 0.3 is 5.97 Å². The van der Waals surface area contributed by atoms with Gasteiger partial charge in [0.25, 0.3) is 0 Å². The highest BCUT2D eigenvalue weighted by atomic mass is 79.9. The lowest BCUT2D eigenvalue weighted by Crippen LogP contribution is -1.99. The molecule has 0 radical (unpaired) electrons. The van der Waals surface area contributed by atoms with E-state index in [2.05, 4.69) is 31.1 Å². The van der Waals surface area contributed by atoms with E-state index in [-0.39, 0.29) is 10.1 Å². The monoisotopic (exact) mass is 597 g/mol. The Morgan fingerprint density at radius 1 is 0.974 bits per heavy atom. The number of nitrogens with one attached hydrogen (secondary N) is 1. The summed E-state index contributed by atoms with van der Waals surface area (Å²) in [5.41, 5.74) is 2.31. The Labute approximate surface area is 231 Å². The summed E-state index contributed by atoms with van der Waals surface area (Å²) in [6, 6.07) is 18.3. The maximum atomic E-state index is 12.0. The van der Waals surface area contributed by atoms with Crippen LogP contribution in [0.15, 0.2) is 75.2 Å². The summed E-state index contributed by atoms with van der Waals surface area (Å²) >= 11 is 4.34. The largest absolute Gasteiger partial charge is 0.497 e. The maximum Gasteiger partial charge on any atom is 0.342 e. The van der Waals surface area contributed by atoms with Crippen LogP contribution in [-0.4, -0.2) is 47.6 Å². The third-order valence-electron chi connectivity index (χ3n) is 5.29. The molecule has 0 atom stereocenters. The Kier molecular flexibility index (Phi) is 8.93. The fourth-order valence-corrected chi connectivity index (χ4v) is 4.36. The van der Waals surface area contributed by atoms with Crippen LogP contribution < -0.4 is 18.9 Å². The predicted molar refractivity (Wildman–Crippen MR) is 148 cm³/mol. The standard InChI is InChI=1S/C27H24BrN3O6S/c1-34-20-12-18(13-21(14-20)35-2)25-29-27(31-30-25)38-24(26(32)33)11-17-6-9-22(23(10-17)36-3)37-15-16-4-7-19(28)8-5-16/h4-14H,15H2,1-3H3,(H,32,33)(H,29,30,31)/b24-11-. The molecule has 1 aromatic heterocycles. The first kappa shape index (κ1) is 27.1. The first-order chi connectivity index (χ1) is 18.4. The minimum atomic E-state index is -1.11. The van der Waals surface area contributed by atoms with E-state index in [0.717, 1.165) is 21.8 Å². The second-order valence-electron chi connectivity index (χ2n) is 7.81. The molecule has 0 saturated carbocycles. The van der Waals surface area contributed by atoms with Gasteiger partial charge in [-0.3, -0.25) is 5.10 Å². The lowest BCUT2D eigenvalue weighted by atomic mass is 10.2. The summed E-state index contributed by atoms with van der Waals surface area (Å²) in [7, 11) is 4.64. The van der Waals surface area contributed by atoms with Crippen LogP contribution in [0.3, 0.4) is 0 Å². The zero-order valence-corrected chi connectivity index (χ0v) is 23.1. The molecule has 11 heteroatoms. The van der Waals surface area contributed by atoms with Crippen LogP contribution in [0.5, 0.6) is 23.0 Å². The zero-order chi connectivity index (χ0) is 27.1. The van der Waals surface area contributed by atoms with Crippen molar-refractivity contribution >= 4 is 39.7 Å². The molecule has 4 aromatic rings. The number of hydrogen-bond acceptors (Lipinski definition) is 8. The normalized spacial score (nSPS) is 11.2. The number of hydrogen-bond donors (Lipinski definition) is 2. The summed E-state index contributed by atoms with van der Waals surface area (Å²) in [5, 5.41) is 17.1. The summed E-state index contributed by atoms with van der Waals surface area (Å²) in [5.74, 6) is 1.55. The number of methoxy groups -OCH3 is 3. The zero-order valence-electron chi connectivity index (χ0n) is 20.7. The van der Waals surface area contributed by atoms with Crippen molar-refractivity contribution < 1.29 is 28.8 Å². The molecule has 0 aliphatic rings. The molecule has 38 heavy (non-hydrogen) atoms. The number of rotatable bonds is 11. The molecule has 2 N–H and O–H groups in total. The summed E-state index contributed by atoms with van der Waals surface area (Å²) in [6.45, 7) is 0.362. The summed E-state index contributed by atoms with van der Waals surface area (Å²) in [6.07, 6.45) is 1.53. The number of benzene rings is 3. The molecule has 0 aliphatic heterocycles. The van der Waals surface area contributed by atoms with Crippen molar-refractivity contribution in [2.45, 2.75) is 11.8 Å². The van der Waals surface area contributed by atoms with E-state index in [4.69, 9.17) is 18.9 Å². The topological polar surface area (TPSA) is 116 Å². The molecule has 1 heterocycles. The molecule has 0 fully saturated rings. The molecule has 3 aromatic carbocycles. The van der Waals surface area contributed by atoms with Crippen LogP contribution in [0.25, 0.3) is 17.5 Å². The molecule has 0 bridgehead atoms. The molecule has 0 aliphatic carbocycles. The number of nitrogens with zero attached hydrogens (tertiary/aromatic N) is 2. The highest BCUT2D eigenvalue weighted by molar-refractivity contribution is 9.10. The number of carboxylic acids is 1. The van der Waals surface area contributed by atoms with Gasteiger partial charge in [-0.2, -0.15) is 0 Å². The van der Waals surface area contributed by atoms with Gasteiger partial charge < -0.3 is 24.1 Å². The van der Waals surface area contributed by atoms with E-state index >= 15 is 0 Å². The fourth-order valence-electron chi connectivity index (χ4n) is 3.38. The molecule has 196 valence electrons. The van der Waals surface area contributed by atoms with Crippen LogP contribution in [0, 0.1) is 0 Å². The Morgan fingerprint density at radius 2 is 1.68 bits per heavy atom. The number of aromatic amines is 1. The van der Waals surface area contributed by atoms with Gasteiger partial charge in [0.1, 0.15) is 23.0 Å². The van der Waals surface area contributed by atoms with Crippen molar-refractivity contribution in [1.82, 2.24) is 15.2 Å². The summed E-state index contributed by atoms with van der Waals surface area (Å²) < 4.78 is 23.0. The van der Waals surface area contributed by atoms with Gasteiger partial charge in [0, 0.05) is 16.1 Å². The first-order valence-electron chi connectivity index (χ1n) is 11.2. The van der Waals surface area contributed by atoms with Gasteiger partial charge in [-0.1, -0.05) is 34.1 Å². The van der Waals surface area contributed by atoms with E-state index in [1.807, 2.05) is 24.3 Å². The van der Waals surface area contributed by atoms with E-state index in [1.54, 1.807) is 50.6 Å².